The van der Waals surface area contributed by atoms with Gasteiger partial charge in [0, 0.05) is 11.3 Å². The van der Waals surface area contributed by atoms with Crippen molar-refractivity contribution in [1.82, 2.24) is 5.32 Å². The second-order valence-electron chi connectivity index (χ2n) is 8.14. The number of carbonyl (C=O) groups excluding carboxylic acids is 2. The van der Waals surface area contributed by atoms with Gasteiger partial charge in [-0.2, -0.15) is 13.2 Å². The molecular weight excluding hydrogens is 545 g/mol. The van der Waals surface area contributed by atoms with Gasteiger partial charge < -0.3 is 15.8 Å². The average Bonchev–Trinajstić information content (AvgIpc) is 2.91. The number of aryl methyl sites for hydroxylation is 2. The number of alkyl halides is 3. The number of nitrogens with two attached hydrogens (primary N) is 1. The second-order valence-corrected chi connectivity index (χ2v) is 9.05. The SMILES string of the molecule is Cc1cccc(C)c1N=C(NC(=O)Nc1ccc(C(N)=NC=Nc2ccc(C(F)(F)F)cc2)cc1)SCOC=O. The monoisotopic (exact) mass is 570 g/mol. The van der Waals surface area contributed by atoms with Crippen LogP contribution in [0.5, 0.6) is 0 Å². The van der Waals surface area contributed by atoms with Crippen LogP contribution in [-0.2, 0) is 15.7 Å². The molecule has 4 N–H and O–H groups in total. The predicted octanol–water partition coefficient (Wildman–Crippen LogP) is 6.06. The number of hydrogen-bond donors (Lipinski definition) is 3. The van der Waals surface area contributed by atoms with Crippen LogP contribution in [0.1, 0.15) is 22.3 Å². The third-order valence-electron chi connectivity index (χ3n) is 5.24. The van der Waals surface area contributed by atoms with Gasteiger partial charge in [0.2, 0.25) is 0 Å². The summed E-state index contributed by atoms with van der Waals surface area (Å²) in [4.78, 5) is 35.7. The Kier molecular flexibility index (Phi) is 10.4. The summed E-state index contributed by atoms with van der Waals surface area (Å²) in [6.45, 7) is 4.10. The molecule has 0 saturated heterocycles. The topological polar surface area (TPSA) is 131 Å². The fraction of sp³-hybridized carbons (Fsp3) is 0.148. The molecule has 0 saturated carbocycles. The number of ether oxygens (including phenoxy) is 1. The molecule has 0 aliphatic heterocycles. The number of urea groups is 1. The minimum absolute atomic E-state index is 0.0387. The van der Waals surface area contributed by atoms with E-state index in [4.69, 9.17) is 10.5 Å². The maximum Gasteiger partial charge on any atom is 0.416 e. The highest BCUT2D eigenvalue weighted by atomic mass is 32.2. The number of amidine groups is 2. The van der Waals surface area contributed by atoms with Crippen molar-refractivity contribution in [2.24, 2.45) is 20.7 Å². The molecule has 0 unspecified atom stereocenters. The second kappa shape index (κ2) is 13.9. The van der Waals surface area contributed by atoms with Gasteiger partial charge in [-0.1, -0.05) is 18.2 Å². The normalized spacial score (nSPS) is 12.3. The Bertz CT molecular complexity index is 1400. The Labute approximate surface area is 232 Å². The van der Waals surface area contributed by atoms with Crippen LogP contribution >= 0.6 is 11.8 Å². The van der Waals surface area contributed by atoms with E-state index < -0.39 is 17.8 Å². The summed E-state index contributed by atoms with van der Waals surface area (Å²) >= 11 is 1.04. The first-order chi connectivity index (χ1) is 19.1. The van der Waals surface area contributed by atoms with Crippen LogP contribution < -0.4 is 16.4 Å². The summed E-state index contributed by atoms with van der Waals surface area (Å²) in [6, 6.07) is 15.9. The number of rotatable bonds is 8. The van der Waals surface area contributed by atoms with Crippen LogP contribution in [0.3, 0.4) is 0 Å². The van der Waals surface area contributed by atoms with Crippen molar-refractivity contribution in [2.45, 2.75) is 20.0 Å². The zero-order valence-corrected chi connectivity index (χ0v) is 22.2. The van der Waals surface area contributed by atoms with Crippen LogP contribution in [0.2, 0.25) is 0 Å². The predicted molar refractivity (Wildman–Crippen MR) is 152 cm³/mol. The fourth-order valence-electron chi connectivity index (χ4n) is 3.25. The third-order valence-corrected chi connectivity index (χ3v) is 5.96. The van der Waals surface area contributed by atoms with Crippen molar-refractivity contribution in [3.8, 4) is 0 Å². The maximum atomic E-state index is 12.7. The van der Waals surface area contributed by atoms with Crippen LogP contribution in [-0.4, -0.2) is 35.8 Å². The summed E-state index contributed by atoms with van der Waals surface area (Å²) in [5.41, 5.74) is 8.98. The first-order valence-electron chi connectivity index (χ1n) is 11.6. The van der Waals surface area contributed by atoms with Gasteiger partial charge in [-0.15, -0.1) is 0 Å². The number of hydrogen-bond acceptors (Lipinski definition) is 6. The molecule has 40 heavy (non-hydrogen) atoms. The molecule has 0 aliphatic carbocycles. The highest BCUT2D eigenvalue weighted by molar-refractivity contribution is 8.13. The Balaban J connectivity index is 1.63. The van der Waals surface area contributed by atoms with Crippen LogP contribution in [0.15, 0.2) is 81.7 Å². The Morgan fingerprint density at radius 2 is 1.68 bits per heavy atom. The number of aliphatic imine (C=N–C) groups is 3. The first kappa shape index (κ1) is 29.9. The number of benzene rings is 3. The number of nitrogens with one attached hydrogen (secondary N) is 2. The molecule has 0 spiro atoms. The van der Waals surface area contributed by atoms with Crippen LogP contribution in [0.25, 0.3) is 0 Å². The molecule has 0 bridgehead atoms. The van der Waals surface area contributed by atoms with E-state index in [1.54, 1.807) is 24.3 Å². The number of carbonyl (C=O) groups is 2. The molecule has 9 nitrogen and oxygen atoms in total. The summed E-state index contributed by atoms with van der Waals surface area (Å²) in [5, 5.41) is 5.57. The summed E-state index contributed by atoms with van der Waals surface area (Å²) in [6.07, 6.45) is -3.28. The summed E-state index contributed by atoms with van der Waals surface area (Å²) in [7, 11) is 0. The van der Waals surface area contributed by atoms with Crippen LogP contribution in [0.4, 0.5) is 35.0 Å². The molecule has 3 aromatic carbocycles. The average molecular weight is 571 g/mol. The molecule has 2 amide bonds. The molecule has 3 aromatic rings. The number of para-hydroxylation sites is 1. The summed E-state index contributed by atoms with van der Waals surface area (Å²) < 4.78 is 42.7. The molecule has 0 atom stereocenters. The lowest BCUT2D eigenvalue weighted by Crippen LogP contribution is -2.33. The molecule has 208 valence electrons. The van der Waals surface area contributed by atoms with Crippen LogP contribution in [0, 0.1) is 13.8 Å². The number of halogens is 3. The van der Waals surface area contributed by atoms with E-state index in [2.05, 4.69) is 25.6 Å². The van der Waals surface area contributed by atoms with E-state index in [-0.39, 0.29) is 22.6 Å². The molecule has 0 aliphatic rings. The molecular formula is C27H25F3N6O3S. The van der Waals surface area contributed by atoms with Crippen molar-refractivity contribution in [3.05, 3.63) is 89.0 Å². The van der Waals surface area contributed by atoms with Gasteiger partial charge in [-0.25, -0.2) is 19.8 Å². The Morgan fingerprint density at radius 1 is 1.02 bits per heavy atom. The minimum Gasteiger partial charge on any atom is -0.456 e. The fourth-order valence-corrected chi connectivity index (χ4v) is 3.81. The number of thioether (sulfide) groups is 1. The molecule has 0 fully saturated rings. The van der Waals surface area contributed by atoms with Crippen molar-refractivity contribution >= 4 is 58.7 Å². The highest BCUT2D eigenvalue weighted by Gasteiger charge is 2.29. The molecule has 3 rings (SSSR count). The lowest BCUT2D eigenvalue weighted by molar-refractivity contribution is -0.137. The molecule has 13 heteroatoms. The van der Waals surface area contributed by atoms with E-state index in [1.807, 2.05) is 32.0 Å². The first-order valence-corrected chi connectivity index (χ1v) is 12.6. The lowest BCUT2D eigenvalue weighted by Gasteiger charge is -2.12. The van der Waals surface area contributed by atoms with E-state index >= 15 is 0 Å². The van der Waals surface area contributed by atoms with Gasteiger partial charge in [0.05, 0.1) is 16.9 Å². The minimum atomic E-state index is -4.42. The maximum absolute atomic E-state index is 12.7. The Morgan fingerprint density at radius 3 is 2.27 bits per heavy atom. The van der Waals surface area contributed by atoms with Gasteiger partial charge in [0.1, 0.15) is 18.1 Å². The van der Waals surface area contributed by atoms with Crippen molar-refractivity contribution in [1.29, 1.82) is 0 Å². The zero-order valence-electron chi connectivity index (χ0n) is 21.4. The number of nitrogens with zero attached hydrogens (tertiary/aromatic N) is 3. The van der Waals surface area contributed by atoms with Gasteiger partial charge in [-0.3, -0.25) is 10.1 Å². The largest absolute Gasteiger partial charge is 0.456 e. The summed E-state index contributed by atoms with van der Waals surface area (Å²) in [5.74, 6) is 0.0736. The zero-order chi connectivity index (χ0) is 29.1. The van der Waals surface area contributed by atoms with E-state index in [0.717, 1.165) is 41.4 Å². The smallest absolute Gasteiger partial charge is 0.416 e. The van der Waals surface area contributed by atoms with Gasteiger partial charge in [-0.05, 0) is 85.3 Å². The van der Waals surface area contributed by atoms with E-state index in [9.17, 15) is 22.8 Å². The highest BCUT2D eigenvalue weighted by Crippen LogP contribution is 2.30. The lowest BCUT2D eigenvalue weighted by atomic mass is 10.1. The standard InChI is InChI=1S/C27H25F3N6O3S/c1-17-4-3-5-18(2)23(17)35-26(40-16-39-15-37)36-25(38)34-22-10-6-19(7-11-22)24(31)33-14-32-21-12-8-20(9-13-21)27(28,29)30/h3-15H,16H2,1-2H3,(H2,31,32,33)(H2,34,35,36,38). The van der Waals surface area contributed by atoms with Crippen molar-refractivity contribution in [2.75, 3.05) is 11.3 Å². The van der Waals surface area contributed by atoms with Gasteiger partial charge in [0.25, 0.3) is 6.47 Å². The Hall–Kier alpha value is -4.65. The van der Waals surface area contributed by atoms with Crippen molar-refractivity contribution < 1.29 is 27.5 Å². The number of anilines is 1. The van der Waals surface area contributed by atoms with E-state index in [0.29, 0.717) is 23.4 Å². The molecule has 0 heterocycles. The van der Waals surface area contributed by atoms with Gasteiger partial charge >= 0.3 is 12.2 Å². The quantitative estimate of drug-likeness (QED) is 0.0996. The molecule has 0 aromatic heterocycles. The molecule has 0 radical (unpaired) electrons. The number of amides is 2. The third kappa shape index (κ3) is 8.98. The van der Waals surface area contributed by atoms with E-state index in [1.165, 1.54) is 12.1 Å². The van der Waals surface area contributed by atoms with Crippen molar-refractivity contribution in [3.63, 3.8) is 0 Å². The van der Waals surface area contributed by atoms with Gasteiger partial charge in [0.15, 0.2) is 5.17 Å².